The third-order valence-corrected chi connectivity index (χ3v) is 3.37. The molecule has 0 saturated carbocycles. The summed E-state index contributed by atoms with van der Waals surface area (Å²) in [4.78, 5) is 0. The first-order valence-electron chi connectivity index (χ1n) is 5.51. The average Bonchev–Trinajstić information content (AvgIpc) is 2.32. The smallest absolute Gasteiger partial charge is 0.0620 e. The molecule has 0 aromatic heterocycles. The fourth-order valence-corrected chi connectivity index (χ4v) is 2.28. The van der Waals surface area contributed by atoms with Gasteiger partial charge in [-0.25, -0.2) is 0 Å². The molecule has 4 heteroatoms. The topological polar surface area (TPSA) is 21.3 Å². The van der Waals surface area contributed by atoms with Crippen molar-refractivity contribution in [3.63, 3.8) is 0 Å². The normalized spacial score (nSPS) is 21.0. The van der Waals surface area contributed by atoms with Crippen molar-refractivity contribution < 1.29 is 4.74 Å². The largest absolute Gasteiger partial charge is 0.379 e. The molecule has 1 fully saturated rings. The van der Waals surface area contributed by atoms with Crippen LogP contribution in [-0.4, -0.2) is 25.8 Å². The summed E-state index contributed by atoms with van der Waals surface area (Å²) in [5.74, 6) is 0. The zero-order valence-electron chi connectivity index (χ0n) is 9.01. The second-order valence-corrected chi connectivity index (χ2v) is 4.84. The van der Waals surface area contributed by atoms with Gasteiger partial charge in [-0.3, -0.25) is 0 Å². The van der Waals surface area contributed by atoms with Crippen LogP contribution < -0.4 is 5.32 Å². The summed E-state index contributed by atoms with van der Waals surface area (Å²) in [5.41, 5.74) is 1.11. The monoisotopic (exact) mass is 259 g/mol. The molecule has 1 unspecified atom stereocenters. The van der Waals surface area contributed by atoms with E-state index in [-0.39, 0.29) is 0 Å². The molecule has 1 aliphatic rings. The summed E-state index contributed by atoms with van der Waals surface area (Å²) in [6.45, 7) is 2.54. The molecule has 2 rings (SSSR count). The van der Waals surface area contributed by atoms with Crippen LogP contribution in [0.2, 0.25) is 10.0 Å². The molecule has 0 radical (unpaired) electrons. The van der Waals surface area contributed by atoms with Crippen LogP contribution in [0.25, 0.3) is 0 Å². The summed E-state index contributed by atoms with van der Waals surface area (Å²) in [5, 5.41) is 4.96. The fraction of sp³-hybridized carbons (Fsp3) is 0.500. The first kappa shape index (κ1) is 12.2. The molecule has 1 aromatic carbocycles. The van der Waals surface area contributed by atoms with E-state index in [1.54, 1.807) is 0 Å². The molecule has 1 heterocycles. The molecule has 1 aliphatic heterocycles. The number of ether oxygens (including phenoxy) is 1. The Morgan fingerprint density at radius 2 is 2.25 bits per heavy atom. The molecule has 1 atom stereocenters. The van der Waals surface area contributed by atoms with Gasteiger partial charge in [0.25, 0.3) is 0 Å². The van der Waals surface area contributed by atoms with Gasteiger partial charge in [0, 0.05) is 22.6 Å². The Labute approximate surface area is 106 Å². The van der Waals surface area contributed by atoms with Gasteiger partial charge in [0.15, 0.2) is 0 Å². The second-order valence-electron chi connectivity index (χ2n) is 4.00. The van der Waals surface area contributed by atoms with Crippen LogP contribution in [0.3, 0.4) is 0 Å². The van der Waals surface area contributed by atoms with E-state index in [0.29, 0.717) is 6.04 Å². The summed E-state index contributed by atoms with van der Waals surface area (Å²) in [7, 11) is 0. The first-order chi connectivity index (χ1) is 7.75. The number of benzene rings is 1. The number of morpholine rings is 1. The molecule has 16 heavy (non-hydrogen) atoms. The van der Waals surface area contributed by atoms with Crippen molar-refractivity contribution in [2.24, 2.45) is 0 Å². The van der Waals surface area contributed by atoms with Crippen molar-refractivity contribution >= 4 is 23.2 Å². The number of halogens is 2. The van der Waals surface area contributed by atoms with Crippen LogP contribution in [-0.2, 0) is 11.2 Å². The molecular weight excluding hydrogens is 245 g/mol. The van der Waals surface area contributed by atoms with Crippen molar-refractivity contribution in [1.29, 1.82) is 0 Å². The van der Waals surface area contributed by atoms with E-state index >= 15 is 0 Å². The highest BCUT2D eigenvalue weighted by molar-refractivity contribution is 6.33. The third-order valence-electron chi connectivity index (χ3n) is 2.77. The van der Waals surface area contributed by atoms with Crippen molar-refractivity contribution in [1.82, 2.24) is 5.32 Å². The highest BCUT2D eigenvalue weighted by Crippen LogP contribution is 2.22. The lowest BCUT2D eigenvalue weighted by molar-refractivity contribution is 0.0743. The van der Waals surface area contributed by atoms with E-state index < -0.39 is 0 Å². The number of hydrogen-bond donors (Lipinski definition) is 1. The molecular formula is C12H15Cl2NO. The number of nitrogens with one attached hydrogen (secondary N) is 1. The Kier molecular flexibility index (Phi) is 4.47. The zero-order valence-corrected chi connectivity index (χ0v) is 10.5. The van der Waals surface area contributed by atoms with Gasteiger partial charge in [-0.2, -0.15) is 0 Å². The Morgan fingerprint density at radius 1 is 1.38 bits per heavy atom. The second kappa shape index (κ2) is 5.87. The zero-order chi connectivity index (χ0) is 11.4. The molecule has 1 saturated heterocycles. The van der Waals surface area contributed by atoms with Crippen molar-refractivity contribution in [3.05, 3.63) is 33.8 Å². The maximum Gasteiger partial charge on any atom is 0.0620 e. The van der Waals surface area contributed by atoms with Crippen LogP contribution in [0.4, 0.5) is 0 Å². The SMILES string of the molecule is Clc1ccc(Cl)c(CCC2COCCN2)c1. The molecule has 0 spiro atoms. The molecule has 88 valence electrons. The first-order valence-corrected chi connectivity index (χ1v) is 6.26. The third kappa shape index (κ3) is 3.36. The van der Waals surface area contributed by atoms with Gasteiger partial charge < -0.3 is 10.1 Å². The van der Waals surface area contributed by atoms with Crippen LogP contribution >= 0.6 is 23.2 Å². The highest BCUT2D eigenvalue weighted by atomic mass is 35.5. The van der Waals surface area contributed by atoms with Crippen molar-refractivity contribution in [3.8, 4) is 0 Å². The Bertz CT molecular complexity index is 351. The molecule has 0 aliphatic carbocycles. The Hall–Kier alpha value is -0.280. The van der Waals surface area contributed by atoms with Crippen LogP contribution in [0.15, 0.2) is 18.2 Å². The quantitative estimate of drug-likeness (QED) is 0.902. The molecule has 1 aromatic rings. The number of hydrogen-bond acceptors (Lipinski definition) is 2. The predicted molar refractivity (Wildman–Crippen MR) is 67.4 cm³/mol. The molecule has 2 nitrogen and oxygen atoms in total. The lowest BCUT2D eigenvalue weighted by Crippen LogP contribution is -2.41. The average molecular weight is 260 g/mol. The summed E-state index contributed by atoms with van der Waals surface area (Å²) in [6, 6.07) is 6.04. The number of rotatable bonds is 3. The summed E-state index contributed by atoms with van der Waals surface area (Å²) in [6.07, 6.45) is 1.96. The fourth-order valence-electron chi connectivity index (χ4n) is 1.87. The van der Waals surface area contributed by atoms with Crippen molar-refractivity contribution in [2.75, 3.05) is 19.8 Å². The minimum absolute atomic E-state index is 0.434. The van der Waals surface area contributed by atoms with Gasteiger partial charge in [0.2, 0.25) is 0 Å². The van der Waals surface area contributed by atoms with Gasteiger partial charge >= 0.3 is 0 Å². The van der Waals surface area contributed by atoms with E-state index in [9.17, 15) is 0 Å². The minimum atomic E-state index is 0.434. The lowest BCUT2D eigenvalue weighted by Gasteiger charge is -2.23. The van der Waals surface area contributed by atoms with Crippen LogP contribution in [0.5, 0.6) is 0 Å². The van der Waals surface area contributed by atoms with E-state index in [1.165, 1.54) is 0 Å². The number of aryl methyl sites for hydroxylation is 1. The van der Waals surface area contributed by atoms with Gasteiger partial charge in [0.05, 0.1) is 13.2 Å². The maximum absolute atomic E-state index is 6.10. The lowest BCUT2D eigenvalue weighted by atomic mass is 10.1. The molecule has 0 bridgehead atoms. The molecule has 1 N–H and O–H groups in total. The highest BCUT2D eigenvalue weighted by Gasteiger charge is 2.13. The molecule has 0 amide bonds. The van der Waals surface area contributed by atoms with Gasteiger partial charge in [-0.05, 0) is 36.6 Å². The Balaban J connectivity index is 1.90. The van der Waals surface area contributed by atoms with Crippen molar-refractivity contribution in [2.45, 2.75) is 18.9 Å². The van der Waals surface area contributed by atoms with Gasteiger partial charge in [0.1, 0.15) is 0 Å². The van der Waals surface area contributed by atoms with Gasteiger partial charge in [-0.1, -0.05) is 23.2 Å². The minimum Gasteiger partial charge on any atom is -0.379 e. The summed E-state index contributed by atoms with van der Waals surface area (Å²) < 4.78 is 5.40. The Morgan fingerprint density at radius 3 is 3.00 bits per heavy atom. The van der Waals surface area contributed by atoms with E-state index in [1.807, 2.05) is 18.2 Å². The van der Waals surface area contributed by atoms with E-state index in [2.05, 4.69) is 5.32 Å². The van der Waals surface area contributed by atoms with E-state index in [4.69, 9.17) is 27.9 Å². The summed E-state index contributed by atoms with van der Waals surface area (Å²) >= 11 is 12.0. The van der Waals surface area contributed by atoms with Crippen LogP contribution in [0.1, 0.15) is 12.0 Å². The standard InChI is InChI=1S/C12H15Cl2NO/c13-10-2-4-12(14)9(7-10)1-3-11-8-16-6-5-15-11/h2,4,7,11,15H,1,3,5-6,8H2. The predicted octanol–water partition coefficient (Wildman–Crippen LogP) is 2.91. The van der Waals surface area contributed by atoms with Gasteiger partial charge in [-0.15, -0.1) is 0 Å². The maximum atomic E-state index is 6.10. The van der Waals surface area contributed by atoms with E-state index in [0.717, 1.165) is 48.2 Å². The van der Waals surface area contributed by atoms with Crippen LogP contribution in [0, 0.1) is 0 Å².